The van der Waals surface area contributed by atoms with Gasteiger partial charge in [0.1, 0.15) is 0 Å². The van der Waals surface area contributed by atoms with E-state index in [-0.39, 0.29) is 11.8 Å². The number of anilines is 1. The third kappa shape index (κ3) is 5.06. The zero-order chi connectivity index (χ0) is 13.8. The summed E-state index contributed by atoms with van der Waals surface area (Å²) in [5.41, 5.74) is 7.20. The molecule has 1 unspecified atom stereocenters. The van der Waals surface area contributed by atoms with Gasteiger partial charge in [-0.1, -0.05) is 26.0 Å². The van der Waals surface area contributed by atoms with Crippen LogP contribution in [-0.4, -0.2) is 14.2 Å². The summed E-state index contributed by atoms with van der Waals surface area (Å²) in [5.74, 6) is 0.543. The Morgan fingerprint density at radius 3 is 2.50 bits per heavy atom. The van der Waals surface area contributed by atoms with Crippen LogP contribution in [0.25, 0.3) is 0 Å². The molecule has 0 bridgehead atoms. The molecule has 5 heteroatoms. The van der Waals surface area contributed by atoms with Crippen molar-refractivity contribution < 1.29 is 8.42 Å². The van der Waals surface area contributed by atoms with Crippen LogP contribution in [0.5, 0.6) is 0 Å². The summed E-state index contributed by atoms with van der Waals surface area (Å²) >= 11 is 0. The van der Waals surface area contributed by atoms with Crippen molar-refractivity contribution in [2.24, 2.45) is 5.92 Å². The van der Waals surface area contributed by atoms with Crippen molar-refractivity contribution in [2.45, 2.75) is 33.2 Å². The first kappa shape index (κ1) is 15.0. The van der Waals surface area contributed by atoms with Gasteiger partial charge in [-0.2, -0.15) is 0 Å². The van der Waals surface area contributed by atoms with E-state index in [0.717, 1.165) is 5.56 Å². The van der Waals surface area contributed by atoms with E-state index in [1.807, 2.05) is 32.9 Å². The number of benzene rings is 1. The van der Waals surface area contributed by atoms with E-state index in [2.05, 4.69) is 4.72 Å². The summed E-state index contributed by atoms with van der Waals surface area (Å²) in [7, 11) is -3.23. The predicted octanol–water partition coefficient (Wildman–Crippen LogP) is 2.30. The van der Waals surface area contributed by atoms with Gasteiger partial charge in [0.05, 0.1) is 5.75 Å². The second-order valence-electron chi connectivity index (χ2n) is 5.01. The number of sulfonamides is 1. The smallest absolute Gasteiger partial charge is 0.212 e. The van der Waals surface area contributed by atoms with Crippen LogP contribution in [0.1, 0.15) is 38.8 Å². The molecule has 18 heavy (non-hydrogen) atoms. The molecule has 3 N–H and O–H groups in total. The highest BCUT2D eigenvalue weighted by atomic mass is 32.2. The molecular formula is C13H22N2O2S. The summed E-state index contributed by atoms with van der Waals surface area (Å²) in [6.45, 7) is 5.84. The van der Waals surface area contributed by atoms with Crippen LogP contribution in [0.4, 0.5) is 5.69 Å². The minimum atomic E-state index is -3.23. The number of nitrogens with one attached hydrogen (secondary N) is 1. The van der Waals surface area contributed by atoms with Gasteiger partial charge < -0.3 is 5.73 Å². The Bertz CT molecular complexity index is 484. The van der Waals surface area contributed by atoms with Gasteiger partial charge >= 0.3 is 0 Å². The Labute approximate surface area is 110 Å². The number of rotatable bonds is 6. The molecule has 1 aromatic carbocycles. The maximum atomic E-state index is 11.9. The lowest BCUT2D eigenvalue weighted by Crippen LogP contribution is -2.29. The van der Waals surface area contributed by atoms with Gasteiger partial charge in [-0.15, -0.1) is 0 Å². The number of hydrogen-bond donors (Lipinski definition) is 2. The number of nitrogen functional groups attached to an aromatic ring is 1. The van der Waals surface area contributed by atoms with Crippen LogP contribution < -0.4 is 10.5 Å². The van der Waals surface area contributed by atoms with Crippen LogP contribution in [0, 0.1) is 5.92 Å². The lowest BCUT2D eigenvalue weighted by molar-refractivity contribution is 0.550. The van der Waals surface area contributed by atoms with E-state index in [4.69, 9.17) is 5.73 Å². The standard InChI is InChI=1S/C13H22N2O2S/c1-10(2)7-8-18(16,17)15-11(3)12-5-4-6-13(14)9-12/h4-6,9-11,15H,7-8,14H2,1-3H3. The molecule has 0 saturated heterocycles. The molecule has 0 aliphatic rings. The molecule has 0 saturated carbocycles. The van der Waals surface area contributed by atoms with Crippen LogP contribution in [0.2, 0.25) is 0 Å². The minimum absolute atomic E-state index is 0.164. The molecular weight excluding hydrogens is 248 g/mol. The highest BCUT2D eigenvalue weighted by Gasteiger charge is 2.16. The summed E-state index contributed by atoms with van der Waals surface area (Å²) in [5, 5.41) is 0. The fourth-order valence-corrected chi connectivity index (χ4v) is 3.19. The van der Waals surface area contributed by atoms with Gasteiger partial charge in [-0.05, 0) is 37.0 Å². The third-order valence-electron chi connectivity index (χ3n) is 2.73. The molecule has 0 aliphatic heterocycles. The van der Waals surface area contributed by atoms with E-state index in [1.54, 1.807) is 12.1 Å². The monoisotopic (exact) mass is 270 g/mol. The molecule has 0 aromatic heterocycles. The lowest BCUT2D eigenvalue weighted by Gasteiger charge is -2.15. The van der Waals surface area contributed by atoms with Gasteiger partial charge in [-0.3, -0.25) is 0 Å². The van der Waals surface area contributed by atoms with Crippen LogP contribution in [-0.2, 0) is 10.0 Å². The van der Waals surface area contributed by atoms with Crippen molar-refractivity contribution in [3.63, 3.8) is 0 Å². The van der Waals surface area contributed by atoms with E-state index >= 15 is 0 Å². The highest BCUT2D eigenvalue weighted by Crippen LogP contribution is 2.16. The normalized spacial score (nSPS) is 13.8. The molecule has 0 spiro atoms. The molecule has 1 rings (SSSR count). The Kier molecular flexibility index (Phi) is 5.16. The zero-order valence-electron chi connectivity index (χ0n) is 11.2. The third-order valence-corrected chi connectivity index (χ3v) is 4.22. The van der Waals surface area contributed by atoms with Gasteiger partial charge in [0, 0.05) is 11.7 Å². The van der Waals surface area contributed by atoms with Crippen molar-refractivity contribution in [1.82, 2.24) is 4.72 Å². The molecule has 0 heterocycles. The number of nitrogens with two attached hydrogens (primary N) is 1. The van der Waals surface area contributed by atoms with E-state index < -0.39 is 10.0 Å². The van der Waals surface area contributed by atoms with E-state index in [1.165, 1.54) is 0 Å². The first-order valence-electron chi connectivity index (χ1n) is 6.15. The number of hydrogen-bond acceptors (Lipinski definition) is 3. The lowest BCUT2D eigenvalue weighted by atomic mass is 10.1. The summed E-state index contributed by atoms with van der Waals surface area (Å²) in [6.07, 6.45) is 0.666. The molecule has 0 amide bonds. The summed E-state index contributed by atoms with van der Waals surface area (Å²) in [4.78, 5) is 0. The van der Waals surface area contributed by atoms with Gasteiger partial charge in [0.15, 0.2) is 0 Å². The summed E-state index contributed by atoms with van der Waals surface area (Å²) in [6, 6.07) is 7.00. The quantitative estimate of drug-likeness (QED) is 0.779. The SMILES string of the molecule is CC(C)CCS(=O)(=O)NC(C)c1cccc(N)c1. The van der Waals surface area contributed by atoms with E-state index in [9.17, 15) is 8.42 Å². The topological polar surface area (TPSA) is 72.2 Å². The van der Waals surface area contributed by atoms with Crippen LogP contribution >= 0.6 is 0 Å². The fourth-order valence-electron chi connectivity index (χ4n) is 1.62. The van der Waals surface area contributed by atoms with Gasteiger partial charge in [-0.25, -0.2) is 13.1 Å². The predicted molar refractivity (Wildman–Crippen MR) is 75.6 cm³/mol. The molecule has 0 radical (unpaired) electrons. The molecule has 1 atom stereocenters. The molecule has 0 aliphatic carbocycles. The molecule has 102 valence electrons. The van der Waals surface area contributed by atoms with Crippen molar-refractivity contribution in [3.05, 3.63) is 29.8 Å². The molecule has 4 nitrogen and oxygen atoms in total. The molecule has 1 aromatic rings. The first-order valence-corrected chi connectivity index (χ1v) is 7.81. The Morgan fingerprint density at radius 1 is 1.28 bits per heavy atom. The van der Waals surface area contributed by atoms with E-state index in [0.29, 0.717) is 18.0 Å². The van der Waals surface area contributed by atoms with Gasteiger partial charge in [0.25, 0.3) is 0 Å². The fraction of sp³-hybridized carbons (Fsp3) is 0.538. The van der Waals surface area contributed by atoms with Gasteiger partial charge in [0.2, 0.25) is 10.0 Å². The van der Waals surface area contributed by atoms with Crippen molar-refractivity contribution in [2.75, 3.05) is 11.5 Å². The average molecular weight is 270 g/mol. The minimum Gasteiger partial charge on any atom is -0.399 e. The zero-order valence-corrected chi connectivity index (χ0v) is 12.0. The second kappa shape index (κ2) is 6.20. The largest absolute Gasteiger partial charge is 0.399 e. The summed E-state index contributed by atoms with van der Waals surface area (Å²) < 4.78 is 26.4. The van der Waals surface area contributed by atoms with Crippen molar-refractivity contribution >= 4 is 15.7 Å². The Hall–Kier alpha value is -1.07. The Morgan fingerprint density at radius 2 is 1.94 bits per heavy atom. The van der Waals surface area contributed by atoms with Crippen molar-refractivity contribution in [3.8, 4) is 0 Å². The first-order chi connectivity index (χ1) is 8.30. The average Bonchev–Trinajstić information content (AvgIpc) is 2.26. The van der Waals surface area contributed by atoms with Crippen molar-refractivity contribution in [1.29, 1.82) is 0 Å². The second-order valence-corrected chi connectivity index (χ2v) is 6.88. The highest BCUT2D eigenvalue weighted by molar-refractivity contribution is 7.89. The molecule has 0 fully saturated rings. The maximum absolute atomic E-state index is 11.9. The van der Waals surface area contributed by atoms with Crippen LogP contribution in [0.15, 0.2) is 24.3 Å². The Balaban J connectivity index is 2.66. The maximum Gasteiger partial charge on any atom is 0.212 e. The van der Waals surface area contributed by atoms with Crippen LogP contribution in [0.3, 0.4) is 0 Å².